The van der Waals surface area contributed by atoms with Crippen molar-refractivity contribution in [1.29, 1.82) is 0 Å². The van der Waals surface area contributed by atoms with Gasteiger partial charge in [0.05, 0.1) is 12.2 Å². The number of nitrogens with zero attached hydrogens (tertiary/aromatic N) is 2. The van der Waals surface area contributed by atoms with Gasteiger partial charge in [-0.25, -0.2) is 4.99 Å². The summed E-state index contributed by atoms with van der Waals surface area (Å²) in [6.45, 7) is 8.79. The van der Waals surface area contributed by atoms with E-state index in [1.165, 1.54) is 10.3 Å². The molecule has 0 amide bonds. The fourth-order valence-electron chi connectivity index (χ4n) is 2.86. The van der Waals surface area contributed by atoms with Gasteiger partial charge in [0.25, 0.3) is 0 Å². The summed E-state index contributed by atoms with van der Waals surface area (Å²) < 4.78 is 0. The van der Waals surface area contributed by atoms with Crippen LogP contribution in [0.4, 0.5) is 0 Å². The molecule has 2 aromatic heterocycles. The Hall–Kier alpha value is -2.40. The fourth-order valence-corrected chi connectivity index (χ4v) is 3.71. The molecule has 0 radical (unpaired) electrons. The first-order valence-corrected chi connectivity index (χ1v) is 9.87. The Balaban J connectivity index is 1.73. The minimum Gasteiger partial charge on any atom is -0.357 e. The molecule has 2 heterocycles. The van der Waals surface area contributed by atoms with E-state index in [1.807, 2.05) is 24.4 Å². The summed E-state index contributed by atoms with van der Waals surface area (Å²) in [5.41, 5.74) is 1.06. The summed E-state index contributed by atoms with van der Waals surface area (Å²) in [6.07, 6.45) is 1.85. The van der Waals surface area contributed by atoms with Crippen molar-refractivity contribution in [3.8, 4) is 0 Å². The summed E-state index contributed by atoms with van der Waals surface area (Å²) in [7, 11) is 0. The smallest absolute Gasteiger partial charge is 0.191 e. The highest BCUT2D eigenvalue weighted by molar-refractivity contribution is 7.10. The molecule has 0 spiro atoms. The second-order valence-electron chi connectivity index (χ2n) is 6.89. The second-order valence-corrected chi connectivity index (χ2v) is 7.84. The molecule has 5 heteroatoms. The number of benzene rings is 1. The average molecular weight is 367 g/mol. The Bertz CT molecular complexity index is 863. The van der Waals surface area contributed by atoms with E-state index in [-0.39, 0.29) is 5.41 Å². The molecule has 0 bridgehead atoms. The number of guanidine groups is 1. The number of rotatable bonds is 6. The summed E-state index contributed by atoms with van der Waals surface area (Å²) >= 11 is 1.80. The number of pyridine rings is 1. The number of thiophene rings is 1. The summed E-state index contributed by atoms with van der Waals surface area (Å²) in [4.78, 5) is 10.7. The van der Waals surface area contributed by atoms with Gasteiger partial charge in [-0.3, -0.25) is 4.98 Å². The van der Waals surface area contributed by atoms with Crippen LogP contribution < -0.4 is 10.6 Å². The molecule has 136 valence electrons. The number of aromatic nitrogens is 1. The van der Waals surface area contributed by atoms with Crippen LogP contribution in [0.25, 0.3) is 10.8 Å². The Kier molecular flexibility index (Phi) is 5.89. The Labute approximate surface area is 159 Å². The lowest BCUT2D eigenvalue weighted by molar-refractivity contribution is 0.518. The van der Waals surface area contributed by atoms with Gasteiger partial charge in [-0.2, -0.15) is 0 Å². The maximum absolute atomic E-state index is 4.75. The van der Waals surface area contributed by atoms with Crippen LogP contribution in [-0.2, 0) is 12.0 Å². The third kappa shape index (κ3) is 4.41. The van der Waals surface area contributed by atoms with Crippen LogP contribution in [0.2, 0.25) is 0 Å². The van der Waals surface area contributed by atoms with Crippen LogP contribution >= 0.6 is 11.3 Å². The van der Waals surface area contributed by atoms with E-state index in [9.17, 15) is 0 Å². The van der Waals surface area contributed by atoms with Gasteiger partial charge in [0.2, 0.25) is 0 Å². The average Bonchev–Trinajstić information content (AvgIpc) is 3.20. The molecule has 26 heavy (non-hydrogen) atoms. The Morgan fingerprint density at radius 1 is 1.12 bits per heavy atom. The summed E-state index contributed by atoms with van der Waals surface area (Å²) in [6, 6.07) is 14.6. The quantitative estimate of drug-likeness (QED) is 0.504. The van der Waals surface area contributed by atoms with Crippen molar-refractivity contribution in [1.82, 2.24) is 15.6 Å². The zero-order chi connectivity index (χ0) is 18.4. The van der Waals surface area contributed by atoms with E-state index in [0.29, 0.717) is 6.54 Å². The Morgan fingerprint density at radius 2 is 1.96 bits per heavy atom. The lowest BCUT2D eigenvalue weighted by Gasteiger charge is -2.25. The van der Waals surface area contributed by atoms with Gasteiger partial charge in [-0.1, -0.05) is 44.2 Å². The molecule has 3 rings (SSSR count). The third-order valence-corrected chi connectivity index (χ3v) is 5.61. The predicted molar refractivity (Wildman–Crippen MR) is 112 cm³/mol. The Morgan fingerprint density at radius 3 is 2.73 bits per heavy atom. The molecule has 3 aromatic rings. The highest BCUT2D eigenvalue weighted by Gasteiger charge is 2.21. The zero-order valence-electron chi connectivity index (χ0n) is 15.6. The molecule has 0 aliphatic rings. The maximum Gasteiger partial charge on any atom is 0.191 e. The molecule has 2 N–H and O–H groups in total. The van der Waals surface area contributed by atoms with Crippen LogP contribution in [0.5, 0.6) is 0 Å². The van der Waals surface area contributed by atoms with Crippen LogP contribution in [0.1, 0.15) is 31.3 Å². The standard InChI is InChI=1S/C21H26N4S/c1-4-22-20(25-15-21(2,3)19-10-7-13-26-19)24-14-18-17-9-6-5-8-16(17)11-12-23-18/h5-13H,4,14-15H2,1-3H3,(H2,22,24,25). The van der Waals surface area contributed by atoms with Crippen molar-refractivity contribution in [2.24, 2.45) is 4.99 Å². The number of hydrogen-bond donors (Lipinski definition) is 2. The van der Waals surface area contributed by atoms with Crippen molar-refractivity contribution < 1.29 is 0 Å². The first kappa shape index (κ1) is 18.4. The molecule has 0 fully saturated rings. The SMILES string of the molecule is CCNC(=NCc1nccc2ccccc12)NCC(C)(C)c1cccs1. The van der Waals surface area contributed by atoms with E-state index < -0.39 is 0 Å². The van der Waals surface area contributed by atoms with E-state index in [1.54, 1.807) is 11.3 Å². The third-order valence-electron chi connectivity index (χ3n) is 4.37. The van der Waals surface area contributed by atoms with Gasteiger partial charge < -0.3 is 10.6 Å². The maximum atomic E-state index is 4.75. The highest BCUT2D eigenvalue weighted by atomic mass is 32.1. The molecule has 0 unspecified atom stereocenters. The molecular weight excluding hydrogens is 340 g/mol. The molecule has 1 aromatic carbocycles. The van der Waals surface area contributed by atoms with E-state index in [2.05, 4.69) is 66.0 Å². The predicted octanol–water partition coefficient (Wildman–Crippen LogP) is 4.33. The van der Waals surface area contributed by atoms with Crippen molar-refractivity contribution in [2.75, 3.05) is 13.1 Å². The molecule has 0 saturated carbocycles. The molecular formula is C21H26N4S. The van der Waals surface area contributed by atoms with Gasteiger partial charge in [-0.15, -0.1) is 11.3 Å². The molecule has 0 saturated heterocycles. The lowest BCUT2D eigenvalue weighted by atomic mass is 9.91. The molecule has 0 aliphatic carbocycles. The zero-order valence-corrected chi connectivity index (χ0v) is 16.4. The lowest BCUT2D eigenvalue weighted by Crippen LogP contribution is -2.43. The summed E-state index contributed by atoms with van der Waals surface area (Å²) in [5.74, 6) is 0.826. The van der Waals surface area contributed by atoms with Gasteiger partial charge in [0.15, 0.2) is 5.96 Å². The minimum atomic E-state index is 0.0576. The van der Waals surface area contributed by atoms with Gasteiger partial charge in [0, 0.05) is 35.0 Å². The largest absolute Gasteiger partial charge is 0.357 e. The molecule has 0 aliphatic heterocycles. The van der Waals surface area contributed by atoms with Crippen LogP contribution in [0, 0.1) is 0 Å². The topological polar surface area (TPSA) is 49.3 Å². The highest BCUT2D eigenvalue weighted by Crippen LogP contribution is 2.26. The number of hydrogen-bond acceptors (Lipinski definition) is 3. The first-order valence-electron chi connectivity index (χ1n) is 8.99. The molecule has 4 nitrogen and oxygen atoms in total. The number of aliphatic imine (C=N–C) groups is 1. The van der Waals surface area contributed by atoms with Crippen molar-refractivity contribution in [2.45, 2.75) is 32.7 Å². The van der Waals surface area contributed by atoms with Gasteiger partial charge in [-0.05, 0) is 29.8 Å². The molecule has 0 atom stereocenters. The van der Waals surface area contributed by atoms with Gasteiger partial charge >= 0.3 is 0 Å². The number of nitrogens with one attached hydrogen (secondary N) is 2. The number of fused-ring (bicyclic) bond motifs is 1. The van der Waals surface area contributed by atoms with Crippen LogP contribution in [0.3, 0.4) is 0 Å². The van der Waals surface area contributed by atoms with E-state index in [4.69, 9.17) is 4.99 Å². The normalized spacial score (nSPS) is 12.3. The van der Waals surface area contributed by atoms with Crippen molar-refractivity contribution in [3.05, 3.63) is 64.6 Å². The van der Waals surface area contributed by atoms with Crippen molar-refractivity contribution >= 4 is 28.1 Å². The first-order chi connectivity index (χ1) is 12.6. The van der Waals surface area contributed by atoms with Gasteiger partial charge in [0.1, 0.15) is 0 Å². The monoisotopic (exact) mass is 366 g/mol. The van der Waals surface area contributed by atoms with E-state index >= 15 is 0 Å². The minimum absolute atomic E-state index is 0.0576. The fraction of sp³-hybridized carbons (Fsp3) is 0.333. The van der Waals surface area contributed by atoms with E-state index in [0.717, 1.165) is 30.1 Å². The summed E-state index contributed by atoms with van der Waals surface area (Å²) in [5, 5.41) is 11.3. The second kappa shape index (κ2) is 8.32. The van der Waals surface area contributed by atoms with Crippen LogP contribution in [0.15, 0.2) is 59.0 Å². The van der Waals surface area contributed by atoms with Crippen LogP contribution in [-0.4, -0.2) is 24.0 Å². The van der Waals surface area contributed by atoms with Crippen molar-refractivity contribution in [3.63, 3.8) is 0 Å².